The Labute approximate surface area is 143 Å². The van der Waals surface area contributed by atoms with Crippen LogP contribution in [0, 0.1) is 5.92 Å². The molecule has 24 heavy (non-hydrogen) atoms. The fraction of sp³-hybridized carbons (Fsp3) is 0.562. The van der Waals surface area contributed by atoms with Crippen molar-refractivity contribution in [3.8, 4) is 11.5 Å². The van der Waals surface area contributed by atoms with Crippen molar-refractivity contribution in [1.29, 1.82) is 0 Å². The molecule has 0 unspecified atom stereocenters. The third-order valence-corrected chi connectivity index (χ3v) is 5.61. The minimum absolute atomic E-state index is 0.0280. The van der Waals surface area contributed by atoms with Gasteiger partial charge in [-0.3, -0.25) is 4.79 Å². The summed E-state index contributed by atoms with van der Waals surface area (Å²) < 4.78 is 37.3. The van der Waals surface area contributed by atoms with E-state index in [1.54, 1.807) is 4.90 Å². The summed E-state index contributed by atoms with van der Waals surface area (Å²) in [6.45, 7) is 3.27. The summed E-state index contributed by atoms with van der Waals surface area (Å²) in [6, 6.07) is 4.30. The van der Waals surface area contributed by atoms with E-state index in [4.69, 9.17) is 9.47 Å². The normalized spacial score (nSPS) is 16.0. The number of carbonyl (C=O) groups excluding carboxylic acids is 1. The second-order valence-electron chi connectivity index (χ2n) is 5.90. The van der Waals surface area contributed by atoms with Crippen molar-refractivity contribution in [2.45, 2.75) is 24.7 Å². The van der Waals surface area contributed by atoms with E-state index in [0.717, 1.165) is 12.8 Å². The van der Waals surface area contributed by atoms with Gasteiger partial charge in [0.2, 0.25) is 15.9 Å². The van der Waals surface area contributed by atoms with Gasteiger partial charge < -0.3 is 14.4 Å². The SMILES string of the molecule is COc1ccc(S(=O)(=O)NCC(=O)N2CCC(C)CC2)cc1OC. The van der Waals surface area contributed by atoms with Crippen molar-refractivity contribution in [3.05, 3.63) is 18.2 Å². The van der Waals surface area contributed by atoms with Crippen LogP contribution >= 0.6 is 0 Å². The molecule has 1 aromatic carbocycles. The Morgan fingerprint density at radius 3 is 2.42 bits per heavy atom. The third kappa shape index (κ3) is 4.39. The Balaban J connectivity index is 2.02. The van der Waals surface area contributed by atoms with Crippen LogP contribution in [0.25, 0.3) is 0 Å². The summed E-state index contributed by atoms with van der Waals surface area (Å²) in [5, 5.41) is 0. The second kappa shape index (κ2) is 7.85. The van der Waals surface area contributed by atoms with Crippen LogP contribution in [-0.2, 0) is 14.8 Å². The average molecular weight is 356 g/mol. The first-order valence-corrected chi connectivity index (χ1v) is 9.35. The first-order chi connectivity index (χ1) is 11.4. The molecule has 1 fully saturated rings. The van der Waals surface area contributed by atoms with E-state index in [9.17, 15) is 13.2 Å². The van der Waals surface area contributed by atoms with Crippen LogP contribution < -0.4 is 14.2 Å². The van der Waals surface area contributed by atoms with E-state index < -0.39 is 10.0 Å². The number of methoxy groups -OCH3 is 2. The smallest absolute Gasteiger partial charge is 0.241 e. The quantitative estimate of drug-likeness (QED) is 0.829. The molecule has 1 aliphatic heterocycles. The summed E-state index contributed by atoms with van der Waals surface area (Å²) in [5.41, 5.74) is 0. The van der Waals surface area contributed by atoms with Crippen LogP contribution in [0.2, 0.25) is 0 Å². The average Bonchev–Trinajstić information content (AvgIpc) is 2.59. The third-order valence-electron chi connectivity index (χ3n) is 4.22. The number of piperidine rings is 1. The van der Waals surface area contributed by atoms with Crippen molar-refractivity contribution < 1.29 is 22.7 Å². The maximum absolute atomic E-state index is 12.4. The number of hydrogen-bond donors (Lipinski definition) is 1. The van der Waals surface area contributed by atoms with Gasteiger partial charge in [0.25, 0.3) is 0 Å². The second-order valence-corrected chi connectivity index (χ2v) is 7.67. The Morgan fingerprint density at radius 2 is 1.83 bits per heavy atom. The van der Waals surface area contributed by atoms with Crippen LogP contribution in [0.15, 0.2) is 23.1 Å². The summed E-state index contributed by atoms with van der Waals surface area (Å²) >= 11 is 0. The molecule has 1 aromatic rings. The number of likely N-dealkylation sites (tertiary alicyclic amines) is 1. The maximum Gasteiger partial charge on any atom is 0.241 e. The molecule has 1 N–H and O–H groups in total. The van der Waals surface area contributed by atoms with E-state index in [0.29, 0.717) is 30.5 Å². The maximum atomic E-state index is 12.4. The number of carbonyl (C=O) groups is 1. The summed E-state index contributed by atoms with van der Waals surface area (Å²) in [4.78, 5) is 13.9. The molecular weight excluding hydrogens is 332 g/mol. The highest BCUT2D eigenvalue weighted by atomic mass is 32.2. The first-order valence-electron chi connectivity index (χ1n) is 7.87. The van der Waals surface area contributed by atoms with Gasteiger partial charge in [0, 0.05) is 19.2 Å². The molecule has 0 spiro atoms. The molecule has 1 saturated heterocycles. The monoisotopic (exact) mass is 356 g/mol. The molecule has 1 heterocycles. The van der Waals surface area contributed by atoms with Gasteiger partial charge in [-0.25, -0.2) is 13.1 Å². The summed E-state index contributed by atoms with van der Waals surface area (Å²) in [6.07, 6.45) is 1.91. The number of benzene rings is 1. The predicted molar refractivity (Wildman–Crippen MR) is 89.7 cm³/mol. The van der Waals surface area contributed by atoms with E-state index in [1.165, 1.54) is 32.4 Å². The Bertz CT molecular complexity index is 682. The summed E-state index contributed by atoms with van der Waals surface area (Å²) in [7, 11) is -0.888. The molecule has 0 radical (unpaired) electrons. The number of ether oxygens (including phenoxy) is 2. The fourth-order valence-electron chi connectivity index (χ4n) is 2.59. The highest BCUT2D eigenvalue weighted by Gasteiger charge is 2.23. The lowest BCUT2D eigenvalue weighted by Gasteiger charge is -2.30. The van der Waals surface area contributed by atoms with Crippen LogP contribution in [-0.4, -0.2) is 53.1 Å². The number of rotatable bonds is 6. The lowest BCUT2D eigenvalue weighted by atomic mass is 9.99. The zero-order chi connectivity index (χ0) is 17.7. The number of sulfonamides is 1. The molecule has 134 valence electrons. The summed E-state index contributed by atoms with van der Waals surface area (Å²) in [5.74, 6) is 1.16. The standard InChI is InChI=1S/C16H24N2O5S/c1-12-6-8-18(9-7-12)16(19)11-17-24(20,21)13-4-5-14(22-2)15(10-13)23-3/h4-5,10,12,17H,6-9,11H2,1-3H3. The van der Waals surface area contributed by atoms with Gasteiger partial charge in [0.15, 0.2) is 11.5 Å². The van der Waals surface area contributed by atoms with Gasteiger partial charge >= 0.3 is 0 Å². The molecule has 8 heteroatoms. The molecule has 0 aromatic heterocycles. The molecule has 1 amide bonds. The van der Waals surface area contributed by atoms with Crippen molar-refractivity contribution in [2.75, 3.05) is 33.9 Å². The number of amides is 1. The molecular formula is C16H24N2O5S. The lowest BCUT2D eigenvalue weighted by Crippen LogP contribution is -2.43. The van der Waals surface area contributed by atoms with E-state index in [-0.39, 0.29) is 17.3 Å². The van der Waals surface area contributed by atoms with Gasteiger partial charge in [-0.1, -0.05) is 6.92 Å². The molecule has 0 saturated carbocycles. The minimum Gasteiger partial charge on any atom is -0.493 e. The first kappa shape index (κ1) is 18.5. The minimum atomic E-state index is -3.80. The van der Waals surface area contributed by atoms with E-state index in [1.807, 2.05) is 0 Å². The highest BCUT2D eigenvalue weighted by Crippen LogP contribution is 2.29. The Kier molecular flexibility index (Phi) is 6.06. The zero-order valence-electron chi connectivity index (χ0n) is 14.2. The Hall–Kier alpha value is -1.80. The van der Waals surface area contributed by atoms with Gasteiger partial charge in [-0.05, 0) is 30.9 Å². The largest absolute Gasteiger partial charge is 0.493 e. The highest BCUT2D eigenvalue weighted by molar-refractivity contribution is 7.89. The van der Waals surface area contributed by atoms with Crippen LogP contribution in [0.1, 0.15) is 19.8 Å². The topological polar surface area (TPSA) is 84.9 Å². The predicted octanol–water partition coefficient (Wildman–Crippen LogP) is 1.24. The van der Waals surface area contributed by atoms with Crippen molar-refractivity contribution in [3.63, 3.8) is 0 Å². The van der Waals surface area contributed by atoms with Crippen LogP contribution in [0.5, 0.6) is 11.5 Å². The van der Waals surface area contributed by atoms with Crippen molar-refractivity contribution in [2.24, 2.45) is 5.92 Å². The van der Waals surface area contributed by atoms with Gasteiger partial charge in [-0.2, -0.15) is 0 Å². The number of nitrogens with one attached hydrogen (secondary N) is 1. The van der Waals surface area contributed by atoms with E-state index >= 15 is 0 Å². The van der Waals surface area contributed by atoms with Gasteiger partial charge in [0.05, 0.1) is 25.7 Å². The molecule has 7 nitrogen and oxygen atoms in total. The van der Waals surface area contributed by atoms with Crippen molar-refractivity contribution >= 4 is 15.9 Å². The molecule has 0 atom stereocenters. The lowest BCUT2D eigenvalue weighted by molar-refractivity contribution is -0.131. The molecule has 0 aliphatic carbocycles. The molecule has 2 rings (SSSR count). The van der Waals surface area contributed by atoms with Gasteiger partial charge in [0.1, 0.15) is 0 Å². The van der Waals surface area contributed by atoms with E-state index in [2.05, 4.69) is 11.6 Å². The van der Waals surface area contributed by atoms with Crippen LogP contribution in [0.3, 0.4) is 0 Å². The molecule has 1 aliphatic rings. The van der Waals surface area contributed by atoms with Crippen LogP contribution in [0.4, 0.5) is 0 Å². The number of nitrogens with zero attached hydrogens (tertiary/aromatic N) is 1. The van der Waals surface area contributed by atoms with Crippen molar-refractivity contribution in [1.82, 2.24) is 9.62 Å². The fourth-order valence-corrected chi connectivity index (χ4v) is 3.58. The zero-order valence-corrected chi connectivity index (χ0v) is 15.1. The molecule has 0 bridgehead atoms. The number of hydrogen-bond acceptors (Lipinski definition) is 5. The van der Waals surface area contributed by atoms with Gasteiger partial charge in [-0.15, -0.1) is 0 Å². The Morgan fingerprint density at radius 1 is 1.21 bits per heavy atom.